The molecule has 0 bridgehead atoms. The summed E-state index contributed by atoms with van der Waals surface area (Å²) in [4.78, 5) is 11.2. The van der Waals surface area contributed by atoms with Gasteiger partial charge in [0.1, 0.15) is 0 Å². The van der Waals surface area contributed by atoms with Crippen molar-refractivity contribution in [3.63, 3.8) is 0 Å². The number of thiol groups is 1. The molecular formula is C10H11Cl3O3S. The van der Waals surface area contributed by atoms with Crippen molar-refractivity contribution in [1.29, 1.82) is 0 Å². The fourth-order valence-electron chi connectivity index (χ4n) is 0.816. The summed E-state index contributed by atoms with van der Waals surface area (Å²) in [7, 11) is 1.25. The van der Waals surface area contributed by atoms with Crippen LogP contribution in [-0.2, 0) is 4.74 Å². The Hall–Kier alpha value is -0.130. The first-order valence-electron chi connectivity index (χ1n) is 4.43. The molecule has 0 saturated carbocycles. The van der Waals surface area contributed by atoms with Crippen LogP contribution in [0.4, 0.5) is 0 Å². The summed E-state index contributed by atoms with van der Waals surface area (Å²) in [5, 5.41) is 8.40. The van der Waals surface area contributed by atoms with Crippen LogP contribution >= 0.6 is 47.4 Å². The summed E-state index contributed by atoms with van der Waals surface area (Å²) >= 11 is 20.8. The summed E-state index contributed by atoms with van der Waals surface area (Å²) in [6.07, 6.45) is 0. The number of carbonyl (C=O) groups is 1. The lowest BCUT2D eigenvalue weighted by Crippen LogP contribution is -2.03. The molecule has 0 spiro atoms. The predicted molar refractivity (Wildman–Crippen MR) is 73.8 cm³/mol. The van der Waals surface area contributed by atoms with E-state index in [4.69, 9.17) is 39.9 Å². The van der Waals surface area contributed by atoms with Crippen LogP contribution in [0.3, 0.4) is 0 Å². The molecule has 1 rings (SSSR count). The number of hydrogen-bond acceptors (Lipinski definition) is 4. The van der Waals surface area contributed by atoms with Crippen molar-refractivity contribution >= 4 is 53.4 Å². The Morgan fingerprint density at radius 2 is 1.82 bits per heavy atom. The number of benzene rings is 1. The third kappa shape index (κ3) is 5.36. The average molecular weight is 318 g/mol. The van der Waals surface area contributed by atoms with Gasteiger partial charge in [-0.3, -0.25) is 0 Å². The first kappa shape index (κ1) is 16.9. The van der Waals surface area contributed by atoms with Crippen LogP contribution in [0, 0.1) is 0 Å². The maximum Gasteiger partial charge on any atom is 0.340 e. The molecule has 17 heavy (non-hydrogen) atoms. The lowest BCUT2D eigenvalue weighted by molar-refractivity contribution is 0.0601. The van der Waals surface area contributed by atoms with E-state index in [1.807, 2.05) is 0 Å². The van der Waals surface area contributed by atoms with Gasteiger partial charge in [-0.2, -0.15) is 12.6 Å². The first-order chi connectivity index (χ1) is 7.99. The Morgan fingerprint density at radius 3 is 2.24 bits per heavy atom. The van der Waals surface area contributed by atoms with E-state index in [2.05, 4.69) is 17.4 Å². The van der Waals surface area contributed by atoms with Crippen molar-refractivity contribution in [1.82, 2.24) is 0 Å². The van der Waals surface area contributed by atoms with Gasteiger partial charge in [0.2, 0.25) is 0 Å². The molecule has 0 saturated heterocycles. The first-order valence-corrected chi connectivity index (χ1v) is 6.19. The normalized spacial score (nSPS) is 9.29. The Balaban J connectivity index is 0.000000557. The third-order valence-corrected chi connectivity index (χ3v) is 2.85. The second kappa shape index (κ2) is 8.89. The van der Waals surface area contributed by atoms with Gasteiger partial charge in [-0.15, -0.1) is 0 Å². The summed E-state index contributed by atoms with van der Waals surface area (Å²) in [6, 6.07) is 3.00. The van der Waals surface area contributed by atoms with Crippen molar-refractivity contribution in [2.24, 2.45) is 0 Å². The molecule has 0 aliphatic carbocycles. The maximum absolute atomic E-state index is 11.2. The van der Waals surface area contributed by atoms with Crippen LogP contribution in [-0.4, -0.2) is 30.5 Å². The molecule has 0 aliphatic heterocycles. The number of halogens is 3. The SMILES string of the molecule is COC(=O)c1c(Cl)ccc(Cl)c1Cl.OCCS. The highest BCUT2D eigenvalue weighted by molar-refractivity contribution is 7.80. The fraction of sp³-hybridized carbons (Fsp3) is 0.300. The molecule has 0 amide bonds. The highest BCUT2D eigenvalue weighted by atomic mass is 35.5. The van der Waals surface area contributed by atoms with E-state index in [0.717, 1.165) is 0 Å². The van der Waals surface area contributed by atoms with E-state index < -0.39 is 5.97 Å². The van der Waals surface area contributed by atoms with Crippen LogP contribution in [0.5, 0.6) is 0 Å². The largest absolute Gasteiger partial charge is 0.465 e. The second-order valence-corrected chi connectivity index (χ2v) is 4.30. The Kier molecular flexibility index (Phi) is 8.82. The topological polar surface area (TPSA) is 46.5 Å². The van der Waals surface area contributed by atoms with Gasteiger partial charge in [-0.25, -0.2) is 4.79 Å². The van der Waals surface area contributed by atoms with Crippen LogP contribution in [0.15, 0.2) is 12.1 Å². The van der Waals surface area contributed by atoms with Crippen molar-refractivity contribution in [3.8, 4) is 0 Å². The van der Waals surface area contributed by atoms with Crippen LogP contribution in [0.1, 0.15) is 10.4 Å². The zero-order valence-corrected chi connectivity index (χ0v) is 12.1. The Morgan fingerprint density at radius 1 is 1.35 bits per heavy atom. The lowest BCUT2D eigenvalue weighted by Gasteiger charge is -2.05. The highest BCUT2D eigenvalue weighted by Crippen LogP contribution is 2.31. The Labute approximate surface area is 120 Å². The molecule has 1 aromatic carbocycles. The number of carbonyl (C=O) groups excluding carboxylic acids is 1. The van der Waals surface area contributed by atoms with Gasteiger partial charge in [0, 0.05) is 5.75 Å². The van der Waals surface area contributed by atoms with E-state index in [-0.39, 0.29) is 27.2 Å². The van der Waals surface area contributed by atoms with Gasteiger partial charge in [-0.05, 0) is 12.1 Å². The lowest BCUT2D eigenvalue weighted by atomic mass is 10.2. The van der Waals surface area contributed by atoms with Crippen LogP contribution < -0.4 is 0 Å². The molecule has 96 valence electrons. The minimum atomic E-state index is -0.600. The van der Waals surface area contributed by atoms with Crippen LogP contribution in [0.2, 0.25) is 15.1 Å². The van der Waals surface area contributed by atoms with E-state index in [9.17, 15) is 4.79 Å². The van der Waals surface area contributed by atoms with Gasteiger partial charge in [-0.1, -0.05) is 34.8 Å². The number of aliphatic hydroxyl groups excluding tert-OH is 1. The van der Waals surface area contributed by atoms with E-state index in [0.29, 0.717) is 5.75 Å². The Bertz CT molecular complexity index is 383. The zero-order chi connectivity index (χ0) is 13.4. The number of methoxy groups -OCH3 is 1. The van der Waals surface area contributed by atoms with E-state index >= 15 is 0 Å². The molecule has 0 heterocycles. The minimum absolute atomic E-state index is 0.0957. The molecule has 0 radical (unpaired) electrons. The number of ether oxygens (including phenoxy) is 1. The molecule has 0 fully saturated rings. The molecule has 7 heteroatoms. The molecule has 1 N–H and O–H groups in total. The number of hydrogen-bond donors (Lipinski definition) is 2. The van der Waals surface area contributed by atoms with Crippen molar-refractivity contribution in [3.05, 3.63) is 32.8 Å². The van der Waals surface area contributed by atoms with Gasteiger partial charge in [0.05, 0.1) is 34.3 Å². The summed E-state index contributed by atoms with van der Waals surface area (Å²) in [5.74, 6) is -0.0301. The molecule has 1 aromatic rings. The van der Waals surface area contributed by atoms with Crippen molar-refractivity contribution < 1.29 is 14.6 Å². The quantitative estimate of drug-likeness (QED) is 0.499. The molecule has 0 aromatic heterocycles. The molecule has 0 unspecified atom stereocenters. The molecular weight excluding hydrogens is 307 g/mol. The number of aliphatic hydroxyl groups is 1. The van der Waals surface area contributed by atoms with Gasteiger partial charge in [0.25, 0.3) is 0 Å². The standard InChI is InChI=1S/C8H5Cl3O2.C2H6OS/c1-13-8(12)6-4(9)2-3-5(10)7(6)11;3-1-2-4/h2-3H,1H3;3-4H,1-2H2. The highest BCUT2D eigenvalue weighted by Gasteiger charge is 2.17. The summed E-state index contributed by atoms with van der Waals surface area (Å²) in [5.41, 5.74) is 0.0957. The van der Waals surface area contributed by atoms with E-state index in [1.54, 1.807) is 0 Å². The number of rotatable bonds is 2. The second-order valence-electron chi connectivity index (χ2n) is 2.66. The summed E-state index contributed by atoms with van der Waals surface area (Å²) < 4.78 is 4.49. The van der Waals surface area contributed by atoms with Crippen LogP contribution in [0.25, 0.3) is 0 Å². The maximum atomic E-state index is 11.2. The predicted octanol–water partition coefficient (Wildman–Crippen LogP) is 3.34. The van der Waals surface area contributed by atoms with Crippen molar-refractivity contribution in [2.45, 2.75) is 0 Å². The summed E-state index contributed by atoms with van der Waals surface area (Å²) in [6.45, 7) is 0.184. The molecule has 0 atom stereocenters. The third-order valence-electron chi connectivity index (χ3n) is 1.53. The minimum Gasteiger partial charge on any atom is -0.465 e. The average Bonchev–Trinajstić information content (AvgIpc) is 2.34. The molecule has 0 aliphatic rings. The number of esters is 1. The van der Waals surface area contributed by atoms with E-state index in [1.165, 1.54) is 19.2 Å². The van der Waals surface area contributed by atoms with Crippen molar-refractivity contribution in [2.75, 3.05) is 19.5 Å². The fourth-order valence-corrected chi connectivity index (χ4v) is 1.50. The smallest absolute Gasteiger partial charge is 0.340 e. The monoisotopic (exact) mass is 316 g/mol. The van der Waals surface area contributed by atoms with Gasteiger partial charge < -0.3 is 9.84 Å². The van der Waals surface area contributed by atoms with Gasteiger partial charge in [0.15, 0.2) is 0 Å². The molecule has 3 nitrogen and oxygen atoms in total. The zero-order valence-electron chi connectivity index (χ0n) is 8.91. The van der Waals surface area contributed by atoms with Gasteiger partial charge >= 0.3 is 5.97 Å².